The Morgan fingerprint density at radius 1 is 1.19 bits per heavy atom. The van der Waals surface area contributed by atoms with Gasteiger partial charge in [-0.25, -0.2) is 0 Å². The van der Waals surface area contributed by atoms with Crippen LogP contribution in [0.2, 0.25) is 0 Å². The van der Waals surface area contributed by atoms with E-state index in [2.05, 4.69) is 48.7 Å². The number of benzene rings is 1. The fourth-order valence-electron chi connectivity index (χ4n) is 1.43. The highest BCUT2D eigenvalue weighted by Crippen LogP contribution is 2.16. The lowest BCUT2D eigenvalue weighted by molar-refractivity contribution is -0.118. The molecule has 0 unspecified atom stereocenters. The van der Waals surface area contributed by atoms with Crippen molar-refractivity contribution >= 4 is 11.6 Å². The molecule has 0 aliphatic rings. The summed E-state index contributed by atoms with van der Waals surface area (Å²) in [5.74, 6) is 0.574. The van der Waals surface area contributed by atoms with Crippen molar-refractivity contribution in [2.24, 2.45) is 0 Å². The Bertz CT molecular complexity index is 330. The number of hydrogen-bond acceptors (Lipinski definition) is 2. The van der Waals surface area contributed by atoms with E-state index in [1.54, 1.807) is 0 Å². The molecule has 88 valence electrons. The molecule has 0 aliphatic carbocycles. The number of anilines is 1. The Hall–Kier alpha value is -1.51. The lowest BCUT2D eigenvalue weighted by Crippen LogP contribution is -2.26. The van der Waals surface area contributed by atoms with Gasteiger partial charge in [-0.3, -0.25) is 4.79 Å². The van der Waals surface area contributed by atoms with E-state index in [9.17, 15) is 4.79 Å². The van der Waals surface area contributed by atoms with Crippen LogP contribution < -0.4 is 10.6 Å². The SMILES string of the molecule is CC(=O)NCCNc1ccc(C(C)C)cc1. The standard InChI is InChI=1S/C13H20N2O/c1-10(2)12-4-6-13(7-5-12)15-9-8-14-11(3)16/h4-7,10,15H,8-9H2,1-3H3,(H,14,16). The second kappa shape index (κ2) is 6.16. The van der Waals surface area contributed by atoms with Gasteiger partial charge in [-0.2, -0.15) is 0 Å². The van der Waals surface area contributed by atoms with Crippen LogP contribution in [0.3, 0.4) is 0 Å². The first-order chi connectivity index (χ1) is 7.59. The molecule has 2 N–H and O–H groups in total. The van der Waals surface area contributed by atoms with Gasteiger partial charge in [0.1, 0.15) is 0 Å². The fraction of sp³-hybridized carbons (Fsp3) is 0.462. The summed E-state index contributed by atoms with van der Waals surface area (Å²) < 4.78 is 0. The summed E-state index contributed by atoms with van der Waals surface area (Å²) in [4.78, 5) is 10.6. The third kappa shape index (κ3) is 4.34. The topological polar surface area (TPSA) is 41.1 Å². The summed E-state index contributed by atoms with van der Waals surface area (Å²) >= 11 is 0. The van der Waals surface area contributed by atoms with Crippen LogP contribution in [0.25, 0.3) is 0 Å². The molecule has 0 heterocycles. The van der Waals surface area contributed by atoms with Crippen LogP contribution >= 0.6 is 0 Å². The van der Waals surface area contributed by atoms with Crippen LogP contribution in [0.1, 0.15) is 32.3 Å². The van der Waals surface area contributed by atoms with Crippen LogP contribution in [0.5, 0.6) is 0 Å². The van der Waals surface area contributed by atoms with Crippen molar-refractivity contribution in [2.45, 2.75) is 26.7 Å². The number of carbonyl (C=O) groups excluding carboxylic acids is 1. The molecule has 1 aromatic rings. The number of hydrogen-bond donors (Lipinski definition) is 2. The van der Waals surface area contributed by atoms with Crippen LogP contribution in [-0.4, -0.2) is 19.0 Å². The molecule has 0 spiro atoms. The molecule has 1 aromatic carbocycles. The zero-order valence-electron chi connectivity index (χ0n) is 10.2. The van der Waals surface area contributed by atoms with Gasteiger partial charge >= 0.3 is 0 Å². The van der Waals surface area contributed by atoms with Crippen molar-refractivity contribution < 1.29 is 4.79 Å². The summed E-state index contributed by atoms with van der Waals surface area (Å²) in [7, 11) is 0. The summed E-state index contributed by atoms with van der Waals surface area (Å²) in [5.41, 5.74) is 2.43. The molecule has 0 aromatic heterocycles. The first kappa shape index (κ1) is 12.6. The molecule has 0 bridgehead atoms. The molecule has 0 atom stereocenters. The Labute approximate surface area is 97.2 Å². The van der Waals surface area contributed by atoms with Gasteiger partial charge in [-0.15, -0.1) is 0 Å². The van der Waals surface area contributed by atoms with Crippen LogP contribution in [-0.2, 0) is 4.79 Å². The van der Waals surface area contributed by atoms with Gasteiger partial charge in [0.15, 0.2) is 0 Å². The Kier molecular flexibility index (Phi) is 4.83. The number of amides is 1. The molecule has 0 fully saturated rings. The monoisotopic (exact) mass is 220 g/mol. The minimum absolute atomic E-state index is 0.0111. The zero-order valence-corrected chi connectivity index (χ0v) is 10.2. The van der Waals surface area contributed by atoms with Crippen molar-refractivity contribution in [1.82, 2.24) is 5.32 Å². The van der Waals surface area contributed by atoms with Crippen molar-refractivity contribution in [3.05, 3.63) is 29.8 Å². The van der Waals surface area contributed by atoms with Crippen molar-refractivity contribution in [3.63, 3.8) is 0 Å². The Morgan fingerprint density at radius 2 is 1.81 bits per heavy atom. The summed E-state index contributed by atoms with van der Waals surface area (Å²) in [6.07, 6.45) is 0. The third-order valence-corrected chi connectivity index (χ3v) is 2.41. The third-order valence-electron chi connectivity index (χ3n) is 2.41. The molecule has 0 saturated heterocycles. The lowest BCUT2D eigenvalue weighted by atomic mass is 10.0. The van der Waals surface area contributed by atoms with Crippen molar-refractivity contribution in [2.75, 3.05) is 18.4 Å². The molecule has 1 amide bonds. The number of nitrogens with one attached hydrogen (secondary N) is 2. The van der Waals surface area contributed by atoms with E-state index in [1.165, 1.54) is 12.5 Å². The first-order valence-electron chi connectivity index (χ1n) is 5.68. The number of carbonyl (C=O) groups is 1. The van der Waals surface area contributed by atoms with Crippen molar-refractivity contribution in [3.8, 4) is 0 Å². The second-order valence-corrected chi connectivity index (χ2v) is 4.19. The maximum absolute atomic E-state index is 10.6. The van der Waals surface area contributed by atoms with Gasteiger partial charge in [-0.05, 0) is 23.6 Å². The van der Waals surface area contributed by atoms with Crippen LogP contribution in [0.15, 0.2) is 24.3 Å². The number of rotatable bonds is 5. The highest BCUT2D eigenvalue weighted by molar-refractivity contribution is 5.72. The molecule has 0 aliphatic heterocycles. The highest BCUT2D eigenvalue weighted by atomic mass is 16.1. The fourth-order valence-corrected chi connectivity index (χ4v) is 1.43. The smallest absolute Gasteiger partial charge is 0.216 e. The van der Waals surface area contributed by atoms with E-state index in [0.29, 0.717) is 12.5 Å². The molecule has 16 heavy (non-hydrogen) atoms. The highest BCUT2D eigenvalue weighted by Gasteiger charge is 1.98. The largest absolute Gasteiger partial charge is 0.383 e. The zero-order chi connectivity index (χ0) is 12.0. The Balaban J connectivity index is 2.35. The molecular formula is C13H20N2O. The average molecular weight is 220 g/mol. The molecule has 0 radical (unpaired) electrons. The van der Waals surface area contributed by atoms with Gasteiger partial charge in [0.25, 0.3) is 0 Å². The van der Waals surface area contributed by atoms with E-state index in [0.717, 1.165) is 12.2 Å². The summed E-state index contributed by atoms with van der Waals surface area (Å²) in [6, 6.07) is 8.41. The normalized spacial score (nSPS) is 10.2. The predicted octanol–water partition coefficient (Wildman–Crippen LogP) is 2.36. The molecular weight excluding hydrogens is 200 g/mol. The predicted molar refractivity (Wildman–Crippen MR) is 67.7 cm³/mol. The van der Waals surface area contributed by atoms with E-state index in [-0.39, 0.29) is 5.91 Å². The van der Waals surface area contributed by atoms with E-state index >= 15 is 0 Å². The molecule has 0 saturated carbocycles. The van der Waals surface area contributed by atoms with Crippen LogP contribution in [0.4, 0.5) is 5.69 Å². The van der Waals surface area contributed by atoms with Gasteiger partial charge in [0.2, 0.25) is 5.91 Å². The molecule has 1 rings (SSSR count). The van der Waals surface area contributed by atoms with Gasteiger partial charge < -0.3 is 10.6 Å². The molecule has 3 nitrogen and oxygen atoms in total. The summed E-state index contributed by atoms with van der Waals surface area (Å²) in [5, 5.41) is 6.00. The second-order valence-electron chi connectivity index (χ2n) is 4.19. The average Bonchev–Trinajstić information content (AvgIpc) is 2.25. The minimum atomic E-state index is 0.0111. The maximum atomic E-state index is 10.6. The van der Waals surface area contributed by atoms with E-state index < -0.39 is 0 Å². The summed E-state index contributed by atoms with van der Waals surface area (Å²) in [6.45, 7) is 7.29. The van der Waals surface area contributed by atoms with E-state index in [1.807, 2.05) is 0 Å². The maximum Gasteiger partial charge on any atom is 0.216 e. The van der Waals surface area contributed by atoms with Crippen LogP contribution in [0, 0.1) is 0 Å². The van der Waals surface area contributed by atoms with E-state index in [4.69, 9.17) is 0 Å². The minimum Gasteiger partial charge on any atom is -0.383 e. The van der Waals surface area contributed by atoms with Gasteiger partial charge in [-0.1, -0.05) is 26.0 Å². The van der Waals surface area contributed by atoms with Gasteiger partial charge in [0.05, 0.1) is 0 Å². The first-order valence-corrected chi connectivity index (χ1v) is 5.68. The van der Waals surface area contributed by atoms with Crippen molar-refractivity contribution in [1.29, 1.82) is 0 Å². The Morgan fingerprint density at radius 3 is 2.31 bits per heavy atom. The van der Waals surface area contributed by atoms with Gasteiger partial charge in [0, 0.05) is 25.7 Å². The molecule has 3 heteroatoms. The lowest BCUT2D eigenvalue weighted by Gasteiger charge is -2.09. The quantitative estimate of drug-likeness (QED) is 0.748.